The van der Waals surface area contributed by atoms with E-state index in [1.165, 1.54) is 40.6 Å². The standard InChI is InChI=1S/C42H34O12/c1-49-25-19-27(51-3)33-35-29(23(37(43)39(33)45)15-17-53-41(47)21-11-7-5-8-12-21)30-24(16-18-54-42(48)22-13-9-6-10-14-22)38(44)40(46)34-28(52-4)20-26(50-2)32(31(25)35)36(30)34/h5-14,19-20,43-44H,15-18H2,1-4H3. The maximum atomic E-state index is 14.2. The van der Waals surface area contributed by atoms with Gasteiger partial charge in [0.1, 0.15) is 23.0 Å². The summed E-state index contributed by atoms with van der Waals surface area (Å²) in [5.41, 5.74) is -0.788. The van der Waals surface area contributed by atoms with E-state index in [9.17, 15) is 29.4 Å². The topological polar surface area (TPSA) is 164 Å². The summed E-state index contributed by atoms with van der Waals surface area (Å²) in [5.74, 6) is -1.86. The average Bonchev–Trinajstić information content (AvgIpc) is 3.21. The molecule has 0 heterocycles. The number of carbonyl (C=O) groups is 2. The zero-order valence-corrected chi connectivity index (χ0v) is 29.7. The molecule has 0 aliphatic carbocycles. The van der Waals surface area contributed by atoms with Crippen molar-refractivity contribution in [2.45, 2.75) is 12.8 Å². The van der Waals surface area contributed by atoms with Gasteiger partial charge in [-0.05, 0) is 35.0 Å². The van der Waals surface area contributed by atoms with E-state index in [1.54, 1.807) is 60.7 Å². The lowest BCUT2D eigenvalue weighted by Crippen LogP contribution is -2.15. The molecule has 0 aromatic heterocycles. The lowest BCUT2D eigenvalue weighted by atomic mass is 9.82. The average molecular weight is 731 g/mol. The van der Waals surface area contributed by atoms with Gasteiger partial charge in [0.15, 0.2) is 11.5 Å². The molecule has 0 fully saturated rings. The fourth-order valence-electron chi connectivity index (χ4n) is 7.26. The van der Waals surface area contributed by atoms with Crippen molar-refractivity contribution in [2.75, 3.05) is 41.7 Å². The highest BCUT2D eigenvalue weighted by atomic mass is 16.5. The summed E-state index contributed by atoms with van der Waals surface area (Å²) in [6.45, 7) is -0.522. The van der Waals surface area contributed by atoms with Crippen molar-refractivity contribution in [3.8, 4) is 34.5 Å². The van der Waals surface area contributed by atoms with Gasteiger partial charge in [0.05, 0.1) is 63.6 Å². The van der Waals surface area contributed by atoms with E-state index in [1.807, 2.05) is 0 Å². The van der Waals surface area contributed by atoms with Crippen LogP contribution < -0.4 is 29.8 Å². The Morgan fingerprint density at radius 1 is 0.481 bits per heavy atom. The predicted octanol–water partition coefficient (Wildman–Crippen LogP) is 6.14. The first-order valence-electron chi connectivity index (χ1n) is 16.9. The number of fused-ring (bicyclic) bond motifs is 2. The molecule has 274 valence electrons. The Morgan fingerprint density at radius 2 is 0.815 bits per heavy atom. The van der Waals surface area contributed by atoms with Crippen LogP contribution in [0.15, 0.2) is 82.4 Å². The van der Waals surface area contributed by atoms with Crippen LogP contribution in [-0.2, 0) is 22.3 Å². The highest BCUT2D eigenvalue weighted by molar-refractivity contribution is 6.38. The normalized spacial score (nSPS) is 11.3. The molecule has 0 spiro atoms. The molecule has 0 amide bonds. The van der Waals surface area contributed by atoms with E-state index in [0.29, 0.717) is 21.9 Å². The molecule has 0 aliphatic rings. The van der Waals surface area contributed by atoms with Crippen LogP contribution in [0.1, 0.15) is 31.8 Å². The minimum Gasteiger partial charge on any atom is -0.504 e. The summed E-state index contributed by atoms with van der Waals surface area (Å²) < 4.78 is 34.3. The van der Waals surface area contributed by atoms with E-state index in [0.717, 1.165) is 0 Å². The number of hydrogen-bond acceptors (Lipinski definition) is 12. The number of carbonyl (C=O) groups excluding carboxylic acids is 2. The lowest BCUT2D eigenvalue weighted by Gasteiger charge is -2.24. The number of hydrogen-bond donors (Lipinski definition) is 2. The Balaban J connectivity index is 1.59. The number of phenolic OH excluding ortho intramolecular Hbond substituents is 2. The van der Waals surface area contributed by atoms with Gasteiger partial charge in [-0.1, -0.05) is 36.4 Å². The number of benzene rings is 7. The third-order valence-corrected chi connectivity index (χ3v) is 9.64. The van der Waals surface area contributed by atoms with Crippen LogP contribution in [0.2, 0.25) is 0 Å². The molecule has 12 nitrogen and oxygen atoms in total. The Kier molecular flexibility index (Phi) is 9.42. The zero-order chi connectivity index (χ0) is 38.3. The van der Waals surface area contributed by atoms with E-state index in [-0.39, 0.29) is 92.5 Å². The molecule has 0 radical (unpaired) electrons. The molecule has 0 saturated carbocycles. The highest BCUT2D eigenvalue weighted by Gasteiger charge is 2.32. The number of esters is 2. The van der Waals surface area contributed by atoms with Gasteiger partial charge in [-0.25, -0.2) is 9.59 Å². The first-order valence-corrected chi connectivity index (χ1v) is 16.9. The third kappa shape index (κ3) is 5.63. The molecule has 2 N–H and O–H groups in total. The number of rotatable bonds is 12. The highest BCUT2D eigenvalue weighted by Crippen LogP contribution is 2.53. The predicted molar refractivity (Wildman–Crippen MR) is 202 cm³/mol. The number of aromatic hydroxyl groups is 2. The number of phenols is 2. The number of methoxy groups -OCH3 is 4. The van der Waals surface area contributed by atoms with E-state index < -0.39 is 34.3 Å². The fraction of sp³-hybridized carbons (Fsp3) is 0.190. The maximum absolute atomic E-state index is 14.2. The van der Waals surface area contributed by atoms with Crippen LogP contribution in [0.5, 0.6) is 34.5 Å². The minimum absolute atomic E-state index is 0.00496. The van der Waals surface area contributed by atoms with Gasteiger partial charge in [-0.15, -0.1) is 0 Å². The molecule has 12 heteroatoms. The van der Waals surface area contributed by atoms with Crippen LogP contribution in [0, 0.1) is 0 Å². The van der Waals surface area contributed by atoms with Crippen molar-refractivity contribution < 1.29 is 48.2 Å². The van der Waals surface area contributed by atoms with Gasteiger partial charge in [0, 0.05) is 57.6 Å². The second-order valence-corrected chi connectivity index (χ2v) is 12.4. The van der Waals surface area contributed by atoms with Gasteiger partial charge in [0.2, 0.25) is 10.9 Å². The van der Waals surface area contributed by atoms with Crippen molar-refractivity contribution in [1.82, 2.24) is 0 Å². The summed E-state index contributed by atoms with van der Waals surface area (Å²) in [6, 6.07) is 19.7. The molecular formula is C42H34O12. The van der Waals surface area contributed by atoms with Crippen LogP contribution in [0.4, 0.5) is 0 Å². The van der Waals surface area contributed by atoms with Crippen LogP contribution >= 0.6 is 0 Å². The maximum Gasteiger partial charge on any atom is 0.338 e. The molecule has 0 unspecified atom stereocenters. The lowest BCUT2D eigenvalue weighted by molar-refractivity contribution is 0.0499. The molecule has 0 aliphatic heterocycles. The van der Waals surface area contributed by atoms with Gasteiger partial charge >= 0.3 is 11.9 Å². The van der Waals surface area contributed by atoms with Crippen molar-refractivity contribution in [3.05, 3.63) is 115 Å². The third-order valence-electron chi connectivity index (χ3n) is 9.64. The largest absolute Gasteiger partial charge is 0.504 e. The Labute approximate surface area is 307 Å². The van der Waals surface area contributed by atoms with Crippen molar-refractivity contribution in [3.63, 3.8) is 0 Å². The van der Waals surface area contributed by atoms with Crippen LogP contribution in [0.25, 0.3) is 43.1 Å². The van der Waals surface area contributed by atoms with Crippen LogP contribution in [0.3, 0.4) is 0 Å². The summed E-state index contributed by atoms with van der Waals surface area (Å²) in [6.07, 6.45) is -0.325. The van der Waals surface area contributed by atoms with E-state index in [4.69, 9.17) is 28.4 Å². The van der Waals surface area contributed by atoms with Crippen molar-refractivity contribution in [1.29, 1.82) is 0 Å². The molecular weight excluding hydrogens is 696 g/mol. The summed E-state index contributed by atoms with van der Waals surface area (Å²) in [5, 5.41) is 25.3. The van der Waals surface area contributed by atoms with Crippen molar-refractivity contribution >= 4 is 55.0 Å². The first kappa shape index (κ1) is 35.6. The second kappa shape index (κ2) is 14.3. The molecule has 7 aromatic carbocycles. The van der Waals surface area contributed by atoms with Gasteiger partial charge < -0.3 is 38.6 Å². The zero-order valence-electron chi connectivity index (χ0n) is 29.7. The Hall–Kier alpha value is -6.82. The smallest absolute Gasteiger partial charge is 0.338 e. The first-order chi connectivity index (χ1) is 26.2. The Morgan fingerprint density at radius 3 is 1.15 bits per heavy atom. The summed E-state index contributed by atoms with van der Waals surface area (Å²) in [7, 11) is 5.61. The second-order valence-electron chi connectivity index (χ2n) is 12.4. The van der Waals surface area contributed by atoms with Gasteiger partial charge in [0.25, 0.3) is 0 Å². The Bertz CT molecular complexity index is 2510. The van der Waals surface area contributed by atoms with Gasteiger partial charge in [-0.3, -0.25) is 9.59 Å². The number of ether oxygens (including phenoxy) is 6. The van der Waals surface area contributed by atoms with E-state index >= 15 is 0 Å². The molecule has 54 heavy (non-hydrogen) atoms. The SMILES string of the molecule is COc1cc(OC)c2c3c(OC)cc(OC)c4c(=O)c(O)c(CCOC(=O)c5ccccc5)c(c5c(CCOC(=O)c6ccccc6)c(O)c(=O)c1c25)c43. The molecule has 7 aromatic rings. The monoisotopic (exact) mass is 730 g/mol. The molecule has 0 bridgehead atoms. The summed E-state index contributed by atoms with van der Waals surface area (Å²) in [4.78, 5) is 54.3. The molecule has 0 saturated heterocycles. The molecule has 0 atom stereocenters. The molecule has 7 rings (SSSR count). The van der Waals surface area contributed by atoms with Crippen LogP contribution in [-0.4, -0.2) is 63.8 Å². The van der Waals surface area contributed by atoms with Crippen molar-refractivity contribution in [2.24, 2.45) is 0 Å². The quantitative estimate of drug-likeness (QED) is 0.0840. The fourth-order valence-corrected chi connectivity index (χ4v) is 7.26. The van der Waals surface area contributed by atoms with E-state index in [2.05, 4.69) is 0 Å². The minimum atomic E-state index is -0.769. The van der Waals surface area contributed by atoms with Gasteiger partial charge in [-0.2, -0.15) is 0 Å². The summed E-state index contributed by atoms with van der Waals surface area (Å²) >= 11 is 0.